The van der Waals surface area contributed by atoms with Crippen LogP contribution in [-0.2, 0) is 21.2 Å². The monoisotopic (exact) mass is 540 g/mol. The van der Waals surface area contributed by atoms with E-state index >= 15 is 0 Å². The Morgan fingerprint density at radius 1 is 1.18 bits per heavy atom. The number of furan rings is 1. The maximum absolute atomic E-state index is 13.0. The lowest BCUT2D eigenvalue weighted by molar-refractivity contribution is -0.107. The maximum Gasteiger partial charge on any atom is 0.255 e. The van der Waals surface area contributed by atoms with Crippen molar-refractivity contribution in [3.05, 3.63) is 47.0 Å². The number of hydrogen-bond acceptors (Lipinski definition) is 7. The van der Waals surface area contributed by atoms with Crippen LogP contribution in [0, 0.1) is 0 Å². The first-order chi connectivity index (χ1) is 18.3. The Bertz CT molecular complexity index is 1390. The van der Waals surface area contributed by atoms with E-state index in [2.05, 4.69) is 17.6 Å². The highest BCUT2D eigenvalue weighted by Gasteiger charge is 2.34. The summed E-state index contributed by atoms with van der Waals surface area (Å²) in [5, 5.41) is 6.54. The molecule has 2 heterocycles. The highest BCUT2D eigenvalue weighted by Crippen LogP contribution is 2.46. The van der Waals surface area contributed by atoms with Crippen LogP contribution in [0.25, 0.3) is 22.4 Å². The Labute approximate surface area is 224 Å². The zero-order chi connectivity index (χ0) is 27.3. The van der Waals surface area contributed by atoms with Crippen LogP contribution in [0.4, 0.5) is 5.82 Å². The van der Waals surface area contributed by atoms with E-state index < -0.39 is 10.0 Å². The lowest BCUT2D eigenvalue weighted by Crippen LogP contribution is -2.34. The minimum absolute atomic E-state index is 0.187. The van der Waals surface area contributed by atoms with E-state index in [1.807, 2.05) is 30.3 Å². The molecule has 0 atom stereocenters. The average Bonchev–Trinajstić information content (AvgIpc) is 3.68. The quantitative estimate of drug-likeness (QED) is 0.234. The minimum atomic E-state index is -3.62. The van der Waals surface area contributed by atoms with E-state index in [0.29, 0.717) is 48.5 Å². The average molecular weight is 541 g/mol. The van der Waals surface area contributed by atoms with Gasteiger partial charge in [-0.2, -0.15) is 4.98 Å². The molecule has 1 amide bonds. The molecule has 0 bridgehead atoms. The number of hydrogen-bond donors (Lipinski definition) is 2. The Hall–Kier alpha value is -3.24. The number of anilines is 1. The predicted molar refractivity (Wildman–Crippen MR) is 149 cm³/mol. The van der Waals surface area contributed by atoms with Crippen LogP contribution in [0.3, 0.4) is 0 Å². The number of rotatable bonds is 14. The maximum atomic E-state index is 13.0. The molecule has 1 aromatic carbocycles. The van der Waals surface area contributed by atoms with E-state index in [9.17, 15) is 18.0 Å². The third-order valence-corrected chi connectivity index (χ3v) is 7.97. The van der Waals surface area contributed by atoms with Crippen LogP contribution in [0.5, 0.6) is 0 Å². The fourth-order valence-corrected chi connectivity index (χ4v) is 5.50. The number of carbonyl (C=O) groups is 2. The van der Waals surface area contributed by atoms with E-state index in [1.165, 1.54) is 16.1 Å². The van der Waals surface area contributed by atoms with Crippen LogP contribution in [0.2, 0.25) is 0 Å². The number of sulfonamides is 1. The molecule has 3 aromatic rings. The number of fused-ring (bicyclic) bond motifs is 1. The van der Waals surface area contributed by atoms with Gasteiger partial charge in [0, 0.05) is 25.6 Å². The first-order valence-corrected chi connectivity index (χ1v) is 15.0. The molecule has 204 valence electrons. The summed E-state index contributed by atoms with van der Waals surface area (Å²) in [6.45, 7) is 3.65. The number of aldehydes is 1. The Balaban J connectivity index is 1.74. The summed E-state index contributed by atoms with van der Waals surface area (Å²) in [6, 6.07) is 9.75. The molecule has 2 N–H and O–H groups in total. The first-order valence-electron chi connectivity index (χ1n) is 13.2. The van der Waals surface area contributed by atoms with Gasteiger partial charge >= 0.3 is 0 Å². The van der Waals surface area contributed by atoms with Crippen molar-refractivity contribution in [3.8, 4) is 11.3 Å². The summed E-state index contributed by atoms with van der Waals surface area (Å²) in [4.78, 5) is 28.2. The molecule has 1 aliphatic carbocycles. The number of carbonyl (C=O) groups excluding carboxylic acids is 2. The zero-order valence-corrected chi connectivity index (χ0v) is 23.1. The highest BCUT2D eigenvalue weighted by molar-refractivity contribution is 7.92. The molecule has 0 saturated heterocycles. The van der Waals surface area contributed by atoms with Crippen LogP contribution in [0.1, 0.15) is 66.4 Å². The molecule has 1 saturated carbocycles. The summed E-state index contributed by atoms with van der Waals surface area (Å²) >= 11 is 0. The van der Waals surface area contributed by atoms with Crippen molar-refractivity contribution in [3.63, 3.8) is 0 Å². The standard InChI is InChI=1S/C28H36N4O5S/c1-4-19-8-10-21(11-9-19)25-24(27(34)29-2)23-18-22(20-12-13-20)26(31-28(23)37-25)32(38(3,35)36)16-7-15-30-14-5-6-17-33/h8-11,17-18,20,30H,4-7,12-16H2,1-3H3,(H,29,34). The summed E-state index contributed by atoms with van der Waals surface area (Å²) in [5.74, 6) is 0.690. The SMILES string of the molecule is CCc1ccc(-c2oc3nc(N(CCCNCCCC=O)S(C)(=O)=O)c(C4CC4)cc3c2C(=O)NC)cc1. The second-order valence-electron chi connectivity index (χ2n) is 9.71. The van der Waals surface area contributed by atoms with Gasteiger partial charge in [-0.25, -0.2) is 8.42 Å². The van der Waals surface area contributed by atoms with Gasteiger partial charge < -0.3 is 19.8 Å². The van der Waals surface area contributed by atoms with Crippen molar-refractivity contribution in [1.29, 1.82) is 0 Å². The van der Waals surface area contributed by atoms with Crippen molar-refractivity contribution < 1.29 is 22.4 Å². The zero-order valence-electron chi connectivity index (χ0n) is 22.2. The van der Waals surface area contributed by atoms with Gasteiger partial charge in [0.15, 0.2) is 0 Å². The molecule has 38 heavy (non-hydrogen) atoms. The van der Waals surface area contributed by atoms with E-state index in [0.717, 1.165) is 43.1 Å². The number of benzene rings is 1. The molecular weight excluding hydrogens is 504 g/mol. The molecular formula is C28H36N4O5S. The normalized spacial score (nSPS) is 13.6. The van der Waals surface area contributed by atoms with Gasteiger partial charge in [-0.05, 0) is 68.3 Å². The molecule has 0 radical (unpaired) electrons. The van der Waals surface area contributed by atoms with Gasteiger partial charge in [0.2, 0.25) is 15.7 Å². The molecule has 9 nitrogen and oxygen atoms in total. The molecule has 0 unspecified atom stereocenters. The van der Waals surface area contributed by atoms with Crippen molar-refractivity contribution in [1.82, 2.24) is 15.6 Å². The lowest BCUT2D eigenvalue weighted by atomic mass is 10.0. The minimum Gasteiger partial charge on any atom is -0.437 e. The third-order valence-electron chi connectivity index (χ3n) is 6.81. The van der Waals surface area contributed by atoms with E-state index in [4.69, 9.17) is 9.40 Å². The second-order valence-corrected chi connectivity index (χ2v) is 11.6. The Morgan fingerprint density at radius 3 is 2.50 bits per heavy atom. The topological polar surface area (TPSA) is 122 Å². The fourth-order valence-electron chi connectivity index (χ4n) is 4.58. The number of nitrogens with zero attached hydrogens (tertiary/aromatic N) is 2. The van der Waals surface area contributed by atoms with Gasteiger partial charge in [0.1, 0.15) is 17.9 Å². The molecule has 2 aromatic heterocycles. The molecule has 1 fully saturated rings. The van der Waals surface area contributed by atoms with Gasteiger partial charge in [0.05, 0.1) is 17.2 Å². The summed E-state index contributed by atoms with van der Waals surface area (Å²) in [6.07, 6.45) is 6.68. The number of amides is 1. The summed E-state index contributed by atoms with van der Waals surface area (Å²) < 4.78 is 33.4. The predicted octanol–water partition coefficient (Wildman–Crippen LogP) is 4.02. The molecule has 10 heteroatoms. The van der Waals surface area contributed by atoms with E-state index in [-0.39, 0.29) is 24.1 Å². The number of unbranched alkanes of at least 4 members (excludes halogenated alkanes) is 1. The fraction of sp³-hybridized carbons (Fsp3) is 0.464. The van der Waals surface area contributed by atoms with Crippen molar-refractivity contribution in [2.45, 2.75) is 51.4 Å². The first kappa shape index (κ1) is 27.8. The lowest BCUT2D eigenvalue weighted by Gasteiger charge is -2.24. The molecule has 0 aliphatic heterocycles. The van der Waals surface area contributed by atoms with Crippen LogP contribution in [0.15, 0.2) is 34.7 Å². The largest absolute Gasteiger partial charge is 0.437 e. The summed E-state index contributed by atoms with van der Waals surface area (Å²) in [7, 11) is -2.05. The number of pyridine rings is 1. The Kier molecular flexibility index (Phi) is 8.83. The Morgan fingerprint density at radius 2 is 1.89 bits per heavy atom. The number of nitrogens with one attached hydrogen (secondary N) is 2. The highest BCUT2D eigenvalue weighted by atomic mass is 32.2. The molecule has 0 spiro atoms. The number of aromatic nitrogens is 1. The third kappa shape index (κ3) is 6.24. The van der Waals surface area contributed by atoms with Gasteiger partial charge in [-0.1, -0.05) is 31.2 Å². The van der Waals surface area contributed by atoms with Crippen molar-refractivity contribution >= 4 is 39.1 Å². The van der Waals surface area contributed by atoms with Crippen LogP contribution >= 0.6 is 0 Å². The molecule has 4 rings (SSSR count). The van der Waals surface area contributed by atoms with Gasteiger partial charge in [0.25, 0.3) is 5.91 Å². The summed E-state index contributed by atoms with van der Waals surface area (Å²) in [5.41, 5.74) is 3.38. The second kappa shape index (κ2) is 12.1. The van der Waals surface area contributed by atoms with Gasteiger partial charge in [-0.3, -0.25) is 9.10 Å². The van der Waals surface area contributed by atoms with Crippen LogP contribution in [-0.4, -0.2) is 58.5 Å². The van der Waals surface area contributed by atoms with Gasteiger partial charge in [-0.15, -0.1) is 0 Å². The van der Waals surface area contributed by atoms with E-state index in [1.54, 1.807) is 7.05 Å². The van der Waals surface area contributed by atoms with Crippen molar-refractivity contribution in [2.75, 3.05) is 37.2 Å². The smallest absolute Gasteiger partial charge is 0.255 e. The van der Waals surface area contributed by atoms with Crippen molar-refractivity contribution in [2.24, 2.45) is 0 Å². The molecule has 1 aliphatic rings. The van der Waals surface area contributed by atoms with Crippen LogP contribution < -0.4 is 14.9 Å². The number of aryl methyl sites for hydroxylation is 1.